The second-order valence-electron chi connectivity index (χ2n) is 6.21. The van der Waals surface area contributed by atoms with Crippen molar-refractivity contribution in [1.29, 1.82) is 0 Å². The van der Waals surface area contributed by atoms with Crippen LogP contribution in [0.2, 0.25) is 0 Å². The Kier molecular flexibility index (Phi) is 10.6. The lowest BCUT2D eigenvalue weighted by molar-refractivity contribution is -0.120. The third-order valence-electron chi connectivity index (χ3n) is 3.83. The molecule has 0 radical (unpaired) electrons. The van der Waals surface area contributed by atoms with Crippen LogP contribution in [-0.4, -0.2) is 22.3 Å². The van der Waals surface area contributed by atoms with E-state index in [4.69, 9.17) is 5.73 Å². The second-order valence-corrected chi connectivity index (χ2v) is 6.21. The van der Waals surface area contributed by atoms with Gasteiger partial charge in [-0.05, 0) is 43.7 Å². The van der Waals surface area contributed by atoms with Crippen LogP contribution in [0.4, 0.5) is 5.69 Å². The summed E-state index contributed by atoms with van der Waals surface area (Å²) in [5.41, 5.74) is 6.87. The highest BCUT2D eigenvalue weighted by molar-refractivity contribution is 6.00. The van der Waals surface area contributed by atoms with Crippen LogP contribution in [0.3, 0.4) is 0 Å². The lowest BCUT2D eigenvalue weighted by Crippen LogP contribution is -2.48. The smallest absolute Gasteiger partial charge is 0.251 e. The molecule has 0 saturated carbocycles. The maximum absolute atomic E-state index is 12.3. The average Bonchev–Trinajstić information content (AvgIpc) is 2.60. The summed E-state index contributed by atoms with van der Waals surface area (Å²) in [5.74, 6) is -0.494. The molecule has 0 fully saturated rings. The van der Waals surface area contributed by atoms with E-state index >= 15 is 0 Å². The summed E-state index contributed by atoms with van der Waals surface area (Å²) < 4.78 is 0. The van der Waals surface area contributed by atoms with Crippen molar-refractivity contribution in [3.63, 3.8) is 0 Å². The number of carbonyl (C=O) groups excluding carboxylic acids is 2. The van der Waals surface area contributed by atoms with Crippen LogP contribution >= 0.6 is 24.8 Å². The molecule has 0 saturated heterocycles. The lowest BCUT2D eigenvalue weighted by Gasteiger charge is -2.23. The number of amides is 2. The molecule has 2 aromatic rings. The molecule has 0 bridgehead atoms. The van der Waals surface area contributed by atoms with E-state index in [9.17, 15) is 9.59 Å². The Hall–Kier alpha value is -2.15. The molecule has 0 aliphatic heterocycles. The number of halogens is 2. The van der Waals surface area contributed by atoms with Crippen LogP contribution in [0.15, 0.2) is 48.7 Å². The van der Waals surface area contributed by atoms with Crippen LogP contribution in [0.5, 0.6) is 0 Å². The van der Waals surface area contributed by atoms with Gasteiger partial charge in [0.2, 0.25) is 5.91 Å². The minimum Gasteiger partial charge on any atom is -0.346 e. The summed E-state index contributed by atoms with van der Waals surface area (Å²) in [6, 6.07) is 12.3. The molecular formula is C19H26Cl2N4O2. The largest absolute Gasteiger partial charge is 0.346 e. The number of nitrogens with two attached hydrogens (primary N) is 1. The summed E-state index contributed by atoms with van der Waals surface area (Å²) in [6.45, 7) is 4.02. The van der Waals surface area contributed by atoms with Gasteiger partial charge < -0.3 is 16.4 Å². The van der Waals surface area contributed by atoms with E-state index in [0.717, 1.165) is 12.1 Å². The normalized spacial score (nSPS) is 12.0. The van der Waals surface area contributed by atoms with Gasteiger partial charge in [0, 0.05) is 17.4 Å². The Balaban J connectivity index is 0.00000338. The Morgan fingerprint density at radius 2 is 1.89 bits per heavy atom. The molecule has 4 N–H and O–H groups in total. The third-order valence-corrected chi connectivity index (χ3v) is 3.83. The molecule has 6 nitrogen and oxygen atoms in total. The van der Waals surface area contributed by atoms with Crippen molar-refractivity contribution in [2.45, 2.75) is 38.8 Å². The van der Waals surface area contributed by atoms with Gasteiger partial charge in [0.05, 0.1) is 17.8 Å². The number of benzene rings is 1. The first-order valence-electron chi connectivity index (χ1n) is 8.31. The molecule has 1 atom stereocenters. The van der Waals surface area contributed by atoms with E-state index in [1.165, 1.54) is 0 Å². The zero-order chi connectivity index (χ0) is 18.3. The van der Waals surface area contributed by atoms with Crippen LogP contribution < -0.4 is 16.4 Å². The van der Waals surface area contributed by atoms with Crippen molar-refractivity contribution in [3.8, 4) is 0 Å². The van der Waals surface area contributed by atoms with Gasteiger partial charge in [-0.2, -0.15) is 0 Å². The number of carbonyl (C=O) groups is 2. The molecule has 0 aliphatic rings. The molecule has 8 heteroatoms. The first kappa shape index (κ1) is 24.8. The Morgan fingerprint density at radius 3 is 2.52 bits per heavy atom. The highest BCUT2D eigenvalue weighted by Gasteiger charge is 2.27. The highest BCUT2D eigenvalue weighted by Crippen LogP contribution is 2.15. The summed E-state index contributed by atoms with van der Waals surface area (Å²) in [7, 11) is 0. The Morgan fingerprint density at radius 1 is 1.15 bits per heavy atom. The van der Waals surface area contributed by atoms with E-state index in [1.54, 1.807) is 37.4 Å². The molecule has 0 aliphatic carbocycles. The van der Waals surface area contributed by atoms with Gasteiger partial charge >= 0.3 is 0 Å². The number of aromatic nitrogens is 1. The fourth-order valence-electron chi connectivity index (χ4n) is 2.42. The van der Waals surface area contributed by atoms with Crippen molar-refractivity contribution in [1.82, 2.24) is 10.3 Å². The predicted octanol–water partition coefficient (Wildman–Crippen LogP) is 3.31. The maximum atomic E-state index is 12.3. The fraction of sp³-hybridized carbons (Fsp3) is 0.316. The predicted molar refractivity (Wildman–Crippen MR) is 112 cm³/mol. The quantitative estimate of drug-likeness (QED) is 0.649. The number of nitrogens with one attached hydrogen (secondary N) is 2. The summed E-state index contributed by atoms with van der Waals surface area (Å²) in [5, 5.41) is 5.59. The standard InChI is InChI=1S/C19H24N4O2.2ClH/c1-3-10-19(2,20)18(25)23-15-9-6-7-14(12-15)17(24)22-13-16-8-4-5-11-21-16;;/h4-9,11-12H,3,10,13,20H2,1-2H3,(H,22,24)(H,23,25);2*1H. The molecule has 27 heavy (non-hydrogen) atoms. The van der Waals surface area contributed by atoms with Gasteiger partial charge in [-0.15, -0.1) is 24.8 Å². The number of rotatable bonds is 7. The molecular weight excluding hydrogens is 387 g/mol. The Labute approximate surface area is 172 Å². The van der Waals surface area contributed by atoms with Crippen LogP contribution in [0.1, 0.15) is 42.7 Å². The third kappa shape index (κ3) is 7.54. The number of pyridine rings is 1. The number of hydrogen-bond acceptors (Lipinski definition) is 4. The van der Waals surface area contributed by atoms with E-state index in [-0.39, 0.29) is 36.6 Å². The molecule has 2 rings (SSSR count). The van der Waals surface area contributed by atoms with E-state index in [0.29, 0.717) is 24.2 Å². The highest BCUT2D eigenvalue weighted by atomic mass is 35.5. The summed E-state index contributed by atoms with van der Waals surface area (Å²) in [6.07, 6.45) is 3.08. The van der Waals surface area contributed by atoms with Crippen LogP contribution in [-0.2, 0) is 11.3 Å². The molecule has 0 spiro atoms. The zero-order valence-electron chi connectivity index (χ0n) is 15.4. The van der Waals surface area contributed by atoms with E-state index < -0.39 is 5.54 Å². The number of hydrogen-bond donors (Lipinski definition) is 3. The second kappa shape index (κ2) is 11.5. The molecule has 1 unspecified atom stereocenters. The van der Waals surface area contributed by atoms with Gasteiger partial charge in [-0.3, -0.25) is 14.6 Å². The van der Waals surface area contributed by atoms with Crippen LogP contribution in [0.25, 0.3) is 0 Å². The SMILES string of the molecule is CCCC(C)(N)C(=O)Nc1cccc(C(=O)NCc2ccccn2)c1.Cl.Cl. The minimum absolute atomic E-state index is 0. The molecule has 1 aromatic carbocycles. The van der Waals surface area contributed by atoms with Crippen LogP contribution in [0, 0.1) is 0 Å². The number of anilines is 1. The van der Waals surface area contributed by atoms with Gasteiger partial charge in [0.1, 0.15) is 0 Å². The lowest BCUT2D eigenvalue weighted by atomic mass is 9.96. The van der Waals surface area contributed by atoms with Gasteiger partial charge in [0.25, 0.3) is 5.91 Å². The first-order valence-corrected chi connectivity index (χ1v) is 8.31. The molecule has 1 aromatic heterocycles. The fourth-order valence-corrected chi connectivity index (χ4v) is 2.42. The topological polar surface area (TPSA) is 97.1 Å². The summed E-state index contributed by atoms with van der Waals surface area (Å²) in [4.78, 5) is 28.7. The van der Waals surface area contributed by atoms with Gasteiger partial charge in [-0.25, -0.2) is 0 Å². The summed E-state index contributed by atoms with van der Waals surface area (Å²) >= 11 is 0. The first-order chi connectivity index (χ1) is 11.9. The van der Waals surface area contributed by atoms with Crippen molar-refractivity contribution < 1.29 is 9.59 Å². The monoisotopic (exact) mass is 412 g/mol. The molecule has 148 valence electrons. The van der Waals surface area contributed by atoms with Crippen molar-refractivity contribution in [2.75, 3.05) is 5.32 Å². The van der Waals surface area contributed by atoms with E-state index in [2.05, 4.69) is 15.6 Å². The zero-order valence-corrected chi connectivity index (χ0v) is 17.0. The van der Waals surface area contributed by atoms with Crippen molar-refractivity contribution in [3.05, 3.63) is 59.9 Å². The average molecular weight is 413 g/mol. The Bertz CT molecular complexity index is 739. The number of nitrogens with zero attached hydrogens (tertiary/aromatic N) is 1. The molecule has 2 amide bonds. The van der Waals surface area contributed by atoms with Gasteiger partial charge in [-0.1, -0.05) is 25.5 Å². The van der Waals surface area contributed by atoms with Crippen molar-refractivity contribution in [2.24, 2.45) is 5.73 Å². The van der Waals surface area contributed by atoms with Crippen molar-refractivity contribution >= 4 is 42.3 Å². The minimum atomic E-state index is -0.938. The molecule has 1 heterocycles. The van der Waals surface area contributed by atoms with Gasteiger partial charge in [0.15, 0.2) is 0 Å². The van der Waals surface area contributed by atoms with E-state index in [1.807, 2.05) is 25.1 Å². The maximum Gasteiger partial charge on any atom is 0.251 e.